The van der Waals surface area contributed by atoms with Crippen molar-refractivity contribution in [2.45, 2.75) is 12.2 Å². The van der Waals surface area contributed by atoms with E-state index in [2.05, 4.69) is 0 Å². The molecular weight excluding hydrogens is 245 g/mol. The highest BCUT2D eigenvalue weighted by molar-refractivity contribution is 5.85. The highest BCUT2D eigenvalue weighted by atomic mass is 35.5. The zero-order chi connectivity index (χ0) is 11.6. The van der Waals surface area contributed by atoms with Gasteiger partial charge >= 0.3 is 6.18 Å². The van der Waals surface area contributed by atoms with Gasteiger partial charge in [0.15, 0.2) is 0 Å². The van der Waals surface area contributed by atoms with Crippen LogP contribution in [0.2, 0.25) is 0 Å². The third-order valence-electron chi connectivity index (χ3n) is 1.88. The number of alkyl halides is 3. The quantitative estimate of drug-likeness (QED) is 0.805. The molecule has 3 N–H and O–H groups in total. The van der Waals surface area contributed by atoms with E-state index in [0.717, 1.165) is 6.07 Å². The number of benzene rings is 1. The molecule has 0 radical (unpaired) electrons. The monoisotopic (exact) mass is 252 g/mol. The van der Waals surface area contributed by atoms with Crippen molar-refractivity contribution < 1.29 is 18.3 Å². The first-order valence-electron chi connectivity index (χ1n) is 3.92. The van der Waals surface area contributed by atoms with Crippen LogP contribution in [0.1, 0.15) is 17.2 Å². The zero-order valence-corrected chi connectivity index (χ0v) is 8.64. The summed E-state index contributed by atoms with van der Waals surface area (Å²) in [6, 6.07) is 2.76. The molecule has 0 spiro atoms. The fourth-order valence-electron chi connectivity index (χ4n) is 1.08. The molecule has 0 aliphatic heterocycles. The molecule has 1 aromatic rings. The molecule has 1 rings (SSSR count). The second kappa shape index (κ2) is 5.05. The van der Waals surface area contributed by atoms with Crippen LogP contribution in [0.4, 0.5) is 13.2 Å². The van der Waals surface area contributed by atoms with Crippen LogP contribution in [-0.4, -0.2) is 11.3 Å². The predicted octanol–water partition coefficient (Wildman–Crippen LogP) is 2.25. The van der Waals surface area contributed by atoms with Crippen molar-refractivity contribution in [3.05, 3.63) is 29.3 Å². The maximum atomic E-state index is 12.2. The third kappa shape index (κ3) is 2.78. The van der Waals surface area contributed by atoms with E-state index in [4.69, 9.17) is 11.0 Å². The second-order valence-electron chi connectivity index (χ2n) is 2.87. The molecule has 0 unspecified atom stereocenters. The SMILES string of the molecule is Cl.N#Cc1cccc([C@H](N)C(F)(F)F)c1O. The van der Waals surface area contributed by atoms with Crippen LogP contribution in [-0.2, 0) is 0 Å². The molecule has 0 fully saturated rings. The number of phenolic OH excluding ortho intramolecular Hbond substituents is 1. The van der Waals surface area contributed by atoms with E-state index in [0.29, 0.717) is 0 Å². The first kappa shape index (κ1) is 14.6. The molecule has 0 aromatic heterocycles. The number of hydrogen-bond acceptors (Lipinski definition) is 3. The Bertz CT molecular complexity index is 414. The standard InChI is InChI=1S/C9H7F3N2O.ClH/c10-9(11,12)8(14)6-3-1-2-5(4-13)7(6)15;/h1-3,8,15H,14H2;1H/t8-;/m0./s1. The van der Waals surface area contributed by atoms with E-state index in [9.17, 15) is 18.3 Å². The highest BCUT2D eigenvalue weighted by Gasteiger charge is 2.39. The first-order valence-corrected chi connectivity index (χ1v) is 3.92. The Labute approximate surface area is 95.7 Å². The van der Waals surface area contributed by atoms with Crippen LogP contribution in [0, 0.1) is 11.3 Å². The Balaban J connectivity index is 0.00000225. The minimum atomic E-state index is -4.65. The van der Waals surface area contributed by atoms with Crippen molar-refractivity contribution in [1.82, 2.24) is 0 Å². The van der Waals surface area contributed by atoms with Gasteiger partial charge in [0.2, 0.25) is 0 Å². The maximum Gasteiger partial charge on any atom is 0.407 e. The summed E-state index contributed by atoms with van der Waals surface area (Å²) in [7, 11) is 0. The van der Waals surface area contributed by atoms with Gasteiger partial charge in [-0.25, -0.2) is 0 Å². The zero-order valence-electron chi connectivity index (χ0n) is 7.82. The molecule has 0 saturated carbocycles. The Kier molecular flexibility index (Phi) is 4.60. The Morgan fingerprint density at radius 2 is 1.94 bits per heavy atom. The van der Waals surface area contributed by atoms with Crippen LogP contribution in [0.25, 0.3) is 0 Å². The molecule has 0 heterocycles. The topological polar surface area (TPSA) is 70.0 Å². The van der Waals surface area contributed by atoms with Gasteiger partial charge in [0.25, 0.3) is 0 Å². The van der Waals surface area contributed by atoms with Gasteiger partial charge in [0, 0.05) is 5.56 Å². The average molecular weight is 253 g/mol. The number of nitrogens with zero attached hydrogens (tertiary/aromatic N) is 1. The van der Waals surface area contributed by atoms with E-state index in [1.54, 1.807) is 6.07 Å². The van der Waals surface area contributed by atoms with Gasteiger partial charge in [-0.2, -0.15) is 18.4 Å². The van der Waals surface area contributed by atoms with Crippen molar-refractivity contribution in [1.29, 1.82) is 5.26 Å². The van der Waals surface area contributed by atoms with Crippen molar-refractivity contribution in [2.75, 3.05) is 0 Å². The van der Waals surface area contributed by atoms with Gasteiger partial charge in [-0.1, -0.05) is 12.1 Å². The normalized spacial score (nSPS) is 12.4. The molecule has 7 heteroatoms. The Morgan fingerprint density at radius 1 is 1.38 bits per heavy atom. The van der Waals surface area contributed by atoms with Crippen LogP contribution in [0.5, 0.6) is 5.75 Å². The molecule has 0 saturated heterocycles. The summed E-state index contributed by atoms with van der Waals surface area (Å²) >= 11 is 0. The van der Waals surface area contributed by atoms with Crippen molar-refractivity contribution >= 4 is 12.4 Å². The second-order valence-corrected chi connectivity index (χ2v) is 2.87. The molecule has 3 nitrogen and oxygen atoms in total. The number of aromatic hydroxyl groups is 1. The van der Waals surface area contributed by atoms with E-state index in [1.165, 1.54) is 12.1 Å². The number of halogens is 4. The largest absolute Gasteiger partial charge is 0.506 e. The Morgan fingerprint density at radius 3 is 2.38 bits per heavy atom. The summed E-state index contributed by atoms with van der Waals surface area (Å²) in [5.74, 6) is -0.718. The molecule has 1 aromatic carbocycles. The fourth-order valence-corrected chi connectivity index (χ4v) is 1.08. The van der Waals surface area contributed by atoms with Crippen molar-refractivity contribution in [3.8, 4) is 11.8 Å². The predicted molar refractivity (Wildman–Crippen MR) is 53.1 cm³/mol. The molecule has 0 aliphatic rings. The van der Waals surface area contributed by atoms with E-state index in [-0.39, 0.29) is 18.0 Å². The van der Waals surface area contributed by atoms with Crippen LogP contribution in [0.15, 0.2) is 18.2 Å². The fraction of sp³-hybridized carbons (Fsp3) is 0.222. The average Bonchev–Trinajstić information content (AvgIpc) is 2.16. The summed E-state index contributed by atoms with van der Waals surface area (Å²) < 4.78 is 36.7. The van der Waals surface area contributed by atoms with E-state index < -0.39 is 23.5 Å². The molecule has 0 amide bonds. The molecule has 1 atom stereocenters. The lowest BCUT2D eigenvalue weighted by Crippen LogP contribution is -2.28. The summed E-state index contributed by atoms with van der Waals surface area (Å²) in [5, 5.41) is 17.8. The van der Waals surface area contributed by atoms with Gasteiger partial charge in [0.05, 0.1) is 5.56 Å². The number of phenols is 1. The van der Waals surface area contributed by atoms with Crippen LogP contribution in [0.3, 0.4) is 0 Å². The van der Waals surface area contributed by atoms with Gasteiger partial charge in [0.1, 0.15) is 17.9 Å². The molecule has 16 heavy (non-hydrogen) atoms. The number of hydrogen-bond donors (Lipinski definition) is 2. The van der Waals surface area contributed by atoms with E-state index >= 15 is 0 Å². The lowest BCUT2D eigenvalue weighted by Gasteiger charge is -2.17. The lowest BCUT2D eigenvalue weighted by molar-refractivity contribution is -0.149. The number of rotatable bonds is 1. The summed E-state index contributed by atoms with van der Waals surface area (Å²) in [6.07, 6.45) is -4.65. The van der Waals surface area contributed by atoms with Gasteiger partial charge in [-0.15, -0.1) is 12.4 Å². The molecular formula is C9H8ClF3N2O. The van der Waals surface area contributed by atoms with Crippen LogP contribution < -0.4 is 5.73 Å². The van der Waals surface area contributed by atoms with Crippen molar-refractivity contribution in [2.24, 2.45) is 5.73 Å². The van der Waals surface area contributed by atoms with Gasteiger partial charge in [-0.05, 0) is 6.07 Å². The first-order chi connectivity index (χ1) is 6.88. The van der Waals surface area contributed by atoms with Crippen LogP contribution >= 0.6 is 12.4 Å². The third-order valence-corrected chi connectivity index (χ3v) is 1.88. The number of para-hydroxylation sites is 1. The number of nitriles is 1. The Hall–Kier alpha value is -1.45. The smallest absolute Gasteiger partial charge is 0.407 e. The maximum absolute atomic E-state index is 12.2. The molecule has 0 bridgehead atoms. The minimum absolute atomic E-state index is 0. The van der Waals surface area contributed by atoms with Gasteiger partial charge < -0.3 is 10.8 Å². The summed E-state index contributed by atoms with van der Waals surface area (Å²) in [4.78, 5) is 0. The van der Waals surface area contributed by atoms with E-state index in [1.807, 2.05) is 0 Å². The van der Waals surface area contributed by atoms with Gasteiger partial charge in [-0.3, -0.25) is 0 Å². The lowest BCUT2D eigenvalue weighted by atomic mass is 10.0. The highest BCUT2D eigenvalue weighted by Crippen LogP contribution is 2.36. The van der Waals surface area contributed by atoms with Crippen molar-refractivity contribution in [3.63, 3.8) is 0 Å². The molecule has 88 valence electrons. The summed E-state index contributed by atoms with van der Waals surface area (Å²) in [5.41, 5.74) is 4.17. The summed E-state index contributed by atoms with van der Waals surface area (Å²) in [6.45, 7) is 0. The number of nitrogens with two attached hydrogens (primary N) is 1. The molecule has 0 aliphatic carbocycles. The minimum Gasteiger partial charge on any atom is -0.506 e.